The molecule has 0 heterocycles. The van der Waals surface area contributed by atoms with Crippen LogP contribution in [0.4, 0.5) is 4.79 Å². The van der Waals surface area contributed by atoms with Gasteiger partial charge in [0.2, 0.25) is 11.8 Å². The molecule has 0 saturated heterocycles. The molecule has 0 spiro atoms. The van der Waals surface area contributed by atoms with E-state index in [0.717, 1.165) is 29.2 Å². The average molecular weight is 656 g/mol. The SMILES string of the molecule is NCC1CCC(C(=O)N[C@@H](Cc2ccc3ccccc3c2)C(=O)NCCCCC(NC(=O)N[C@@H](CCC(=O)O)C(=O)O)C(=O)O)CC1. The third-order valence-corrected chi connectivity index (χ3v) is 8.51. The zero-order chi connectivity index (χ0) is 34.3. The third kappa shape index (κ3) is 12.2. The number of hydrogen-bond acceptors (Lipinski definition) is 7. The van der Waals surface area contributed by atoms with Crippen LogP contribution in [0.5, 0.6) is 0 Å². The van der Waals surface area contributed by atoms with Crippen LogP contribution in [0.2, 0.25) is 0 Å². The van der Waals surface area contributed by atoms with Gasteiger partial charge in [-0.15, -0.1) is 0 Å². The number of hydrogen-bond donors (Lipinski definition) is 8. The first kappa shape index (κ1) is 36.7. The van der Waals surface area contributed by atoms with Gasteiger partial charge in [-0.25, -0.2) is 14.4 Å². The normalized spacial score (nSPS) is 17.9. The molecule has 3 rings (SSSR count). The van der Waals surface area contributed by atoms with Gasteiger partial charge in [0.05, 0.1) is 0 Å². The number of carboxylic acid groups (broad SMARTS) is 3. The number of urea groups is 1. The molecule has 2 aromatic carbocycles. The summed E-state index contributed by atoms with van der Waals surface area (Å²) in [7, 11) is 0. The highest BCUT2D eigenvalue weighted by Gasteiger charge is 2.29. The summed E-state index contributed by atoms with van der Waals surface area (Å²) in [5.41, 5.74) is 6.68. The molecule has 0 aliphatic heterocycles. The maximum Gasteiger partial charge on any atom is 0.326 e. The quantitative estimate of drug-likeness (QED) is 0.109. The summed E-state index contributed by atoms with van der Waals surface area (Å²) in [5, 5.41) is 39.7. The Bertz CT molecular complexity index is 1410. The molecule has 0 radical (unpaired) electrons. The molecule has 3 atom stereocenters. The first-order valence-electron chi connectivity index (χ1n) is 16.0. The highest BCUT2D eigenvalue weighted by Crippen LogP contribution is 2.28. The predicted octanol–water partition coefficient (Wildman–Crippen LogP) is 1.99. The number of carbonyl (C=O) groups is 6. The van der Waals surface area contributed by atoms with E-state index in [4.69, 9.17) is 10.8 Å². The summed E-state index contributed by atoms with van der Waals surface area (Å²) in [4.78, 5) is 72.5. The van der Waals surface area contributed by atoms with E-state index in [9.17, 15) is 39.0 Å². The van der Waals surface area contributed by atoms with Crippen molar-refractivity contribution in [1.82, 2.24) is 21.3 Å². The molecule has 47 heavy (non-hydrogen) atoms. The van der Waals surface area contributed by atoms with Crippen LogP contribution in [0, 0.1) is 11.8 Å². The number of unbranched alkanes of at least 4 members (excludes halogenated alkanes) is 1. The van der Waals surface area contributed by atoms with E-state index in [1.165, 1.54) is 0 Å². The Morgan fingerprint density at radius 1 is 0.766 bits per heavy atom. The lowest BCUT2D eigenvalue weighted by Gasteiger charge is -2.28. The monoisotopic (exact) mass is 655 g/mol. The Morgan fingerprint density at radius 2 is 1.40 bits per heavy atom. The van der Waals surface area contributed by atoms with Crippen LogP contribution in [-0.2, 0) is 30.4 Å². The molecular weight excluding hydrogens is 610 g/mol. The van der Waals surface area contributed by atoms with Gasteiger partial charge in [-0.2, -0.15) is 0 Å². The van der Waals surface area contributed by atoms with Crippen molar-refractivity contribution in [1.29, 1.82) is 0 Å². The Hall–Kier alpha value is -4.72. The number of aliphatic carboxylic acids is 3. The number of nitrogens with two attached hydrogens (primary N) is 1. The minimum absolute atomic E-state index is 0.00574. The summed E-state index contributed by atoms with van der Waals surface area (Å²) in [6, 6.07) is 9.04. The van der Waals surface area contributed by atoms with Crippen molar-refractivity contribution in [3.8, 4) is 0 Å². The van der Waals surface area contributed by atoms with Crippen molar-refractivity contribution in [2.45, 2.75) is 82.3 Å². The average Bonchev–Trinajstić information content (AvgIpc) is 3.05. The smallest absolute Gasteiger partial charge is 0.326 e. The number of amides is 4. The largest absolute Gasteiger partial charge is 0.481 e. The van der Waals surface area contributed by atoms with Gasteiger partial charge in [0.15, 0.2) is 0 Å². The van der Waals surface area contributed by atoms with E-state index < -0.39 is 48.5 Å². The van der Waals surface area contributed by atoms with Crippen LogP contribution in [0.15, 0.2) is 42.5 Å². The standard InChI is InChI=1S/C33H45N5O9/c34-19-20-8-12-23(13-9-20)29(41)36-27(18-21-10-11-22-5-1-2-6-24(22)17-21)30(42)35-16-4-3-7-25(31(43)44)37-33(47)38-26(32(45)46)14-15-28(39)40/h1-2,5-6,10-11,17,20,23,25-27H,3-4,7-9,12-16,18-19,34H2,(H,35,42)(H,36,41)(H,39,40)(H,43,44)(H,45,46)(H2,37,38,47)/t20?,23?,25?,26-,27-/m0/s1. The van der Waals surface area contributed by atoms with Crippen LogP contribution in [-0.4, -0.2) is 82.3 Å². The molecule has 4 amide bonds. The molecule has 1 fully saturated rings. The number of carbonyl (C=O) groups excluding carboxylic acids is 3. The van der Waals surface area contributed by atoms with Crippen LogP contribution in [0.3, 0.4) is 0 Å². The minimum Gasteiger partial charge on any atom is -0.481 e. The molecule has 0 bridgehead atoms. The lowest BCUT2D eigenvalue weighted by Crippen LogP contribution is -2.51. The predicted molar refractivity (Wildman–Crippen MR) is 172 cm³/mol. The molecule has 1 aliphatic carbocycles. The fourth-order valence-electron chi connectivity index (χ4n) is 5.71. The Balaban J connectivity index is 1.54. The molecule has 14 nitrogen and oxygen atoms in total. The molecule has 0 aromatic heterocycles. The topological polar surface area (TPSA) is 237 Å². The van der Waals surface area contributed by atoms with Crippen molar-refractivity contribution in [3.05, 3.63) is 48.0 Å². The molecule has 256 valence electrons. The number of rotatable bonds is 18. The molecule has 2 aromatic rings. The summed E-state index contributed by atoms with van der Waals surface area (Å²) in [6.45, 7) is 0.789. The zero-order valence-electron chi connectivity index (χ0n) is 26.3. The van der Waals surface area contributed by atoms with Gasteiger partial charge in [0, 0.05) is 25.3 Å². The van der Waals surface area contributed by atoms with Crippen molar-refractivity contribution in [2.24, 2.45) is 17.6 Å². The Kier molecular flexibility index (Phi) is 14.4. The Labute approximate surface area is 272 Å². The lowest BCUT2D eigenvalue weighted by atomic mass is 9.81. The van der Waals surface area contributed by atoms with Gasteiger partial charge in [-0.1, -0.05) is 42.5 Å². The van der Waals surface area contributed by atoms with Crippen LogP contribution in [0.1, 0.15) is 63.4 Å². The fourth-order valence-corrected chi connectivity index (χ4v) is 5.71. The summed E-state index contributed by atoms with van der Waals surface area (Å²) in [6.07, 6.45) is 3.26. The van der Waals surface area contributed by atoms with E-state index in [1.807, 2.05) is 42.5 Å². The summed E-state index contributed by atoms with van der Waals surface area (Å²) in [5.74, 6) is -4.32. The van der Waals surface area contributed by atoms with Crippen molar-refractivity contribution < 1.29 is 44.1 Å². The molecule has 1 unspecified atom stereocenters. The van der Waals surface area contributed by atoms with Crippen molar-refractivity contribution in [2.75, 3.05) is 13.1 Å². The number of fused-ring (bicyclic) bond motifs is 1. The van der Waals surface area contributed by atoms with Crippen LogP contribution < -0.4 is 27.0 Å². The van der Waals surface area contributed by atoms with Gasteiger partial charge >= 0.3 is 23.9 Å². The minimum atomic E-state index is -1.50. The molecule has 14 heteroatoms. The second-order valence-electron chi connectivity index (χ2n) is 12.0. The van der Waals surface area contributed by atoms with Gasteiger partial charge in [-0.05, 0) is 80.2 Å². The first-order valence-corrected chi connectivity index (χ1v) is 16.0. The second kappa shape index (κ2) is 18.4. The van der Waals surface area contributed by atoms with E-state index >= 15 is 0 Å². The number of carboxylic acids is 3. The third-order valence-electron chi connectivity index (χ3n) is 8.51. The van der Waals surface area contributed by atoms with Crippen LogP contribution in [0.25, 0.3) is 10.8 Å². The maximum atomic E-state index is 13.3. The van der Waals surface area contributed by atoms with Crippen molar-refractivity contribution >= 4 is 46.5 Å². The second-order valence-corrected chi connectivity index (χ2v) is 12.0. The van der Waals surface area contributed by atoms with Crippen LogP contribution >= 0.6 is 0 Å². The number of benzene rings is 2. The molecule has 1 saturated carbocycles. The summed E-state index contributed by atoms with van der Waals surface area (Å²) < 4.78 is 0. The summed E-state index contributed by atoms with van der Waals surface area (Å²) >= 11 is 0. The van der Waals surface area contributed by atoms with Gasteiger partial charge in [0.25, 0.3) is 0 Å². The Morgan fingerprint density at radius 3 is 2.02 bits per heavy atom. The first-order chi connectivity index (χ1) is 22.5. The van der Waals surface area contributed by atoms with E-state index in [-0.39, 0.29) is 43.5 Å². The van der Waals surface area contributed by atoms with Crippen molar-refractivity contribution in [3.63, 3.8) is 0 Å². The van der Waals surface area contributed by atoms with E-state index in [0.29, 0.717) is 38.1 Å². The fraction of sp³-hybridized carbons (Fsp3) is 0.515. The lowest BCUT2D eigenvalue weighted by molar-refractivity contribution is -0.141. The molecule has 9 N–H and O–H groups in total. The number of nitrogens with one attached hydrogen (secondary N) is 4. The molecular formula is C33H45N5O9. The van der Waals surface area contributed by atoms with Gasteiger partial charge in [0.1, 0.15) is 18.1 Å². The van der Waals surface area contributed by atoms with Gasteiger partial charge < -0.3 is 42.3 Å². The van der Waals surface area contributed by atoms with E-state index in [1.54, 1.807) is 0 Å². The highest BCUT2D eigenvalue weighted by molar-refractivity contribution is 5.89. The molecule has 1 aliphatic rings. The maximum absolute atomic E-state index is 13.3. The van der Waals surface area contributed by atoms with E-state index in [2.05, 4.69) is 21.3 Å². The zero-order valence-corrected chi connectivity index (χ0v) is 26.3. The van der Waals surface area contributed by atoms with Gasteiger partial charge in [-0.3, -0.25) is 14.4 Å². The highest BCUT2D eigenvalue weighted by atomic mass is 16.4.